The fourth-order valence-corrected chi connectivity index (χ4v) is 6.69. The minimum Gasteiger partial charge on any atom is -0.268 e. The van der Waals surface area contributed by atoms with Crippen LogP contribution in [-0.4, -0.2) is 10.9 Å². The van der Waals surface area contributed by atoms with E-state index in [2.05, 4.69) is 37.9 Å². The highest BCUT2D eigenvalue weighted by Gasteiger charge is 2.40. The first-order valence-electron chi connectivity index (χ1n) is 9.18. The molecule has 0 aliphatic carbocycles. The molecule has 1 saturated heterocycles. The number of aromatic nitrogens is 1. The van der Waals surface area contributed by atoms with E-state index in [1.807, 2.05) is 77.7 Å². The van der Waals surface area contributed by atoms with Crippen LogP contribution in [0.1, 0.15) is 16.5 Å². The number of nitrogens with zero attached hydrogens (tertiary/aromatic N) is 2. The van der Waals surface area contributed by atoms with Gasteiger partial charge in [0.05, 0.1) is 15.1 Å². The van der Waals surface area contributed by atoms with E-state index in [0.29, 0.717) is 10.0 Å². The first-order chi connectivity index (χ1) is 14.6. The Bertz CT molecular complexity index is 1270. The first kappa shape index (κ1) is 20.0. The van der Waals surface area contributed by atoms with Crippen LogP contribution in [-0.2, 0) is 4.79 Å². The van der Waals surface area contributed by atoms with Crippen molar-refractivity contribution in [1.82, 2.24) is 4.98 Å². The number of rotatable bonds is 3. The molecule has 1 amide bonds. The summed E-state index contributed by atoms with van der Waals surface area (Å²) < 4.78 is 3.00. The molecule has 5 rings (SSSR count). The number of hydrogen-bond acceptors (Lipinski definition) is 4. The van der Waals surface area contributed by atoms with Gasteiger partial charge in [0, 0.05) is 8.95 Å². The van der Waals surface area contributed by atoms with E-state index in [9.17, 15) is 4.79 Å². The summed E-state index contributed by atoms with van der Waals surface area (Å²) in [5, 5.41) is 0.521. The van der Waals surface area contributed by atoms with Crippen LogP contribution in [0.4, 0.5) is 5.13 Å². The van der Waals surface area contributed by atoms with Gasteiger partial charge in [0.2, 0.25) is 0 Å². The molecule has 1 atom stereocenters. The van der Waals surface area contributed by atoms with E-state index < -0.39 is 0 Å². The smallest absolute Gasteiger partial charge is 0.267 e. The molecule has 1 fully saturated rings. The summed E-state index contributed by atoms with van der Waals surface area (Å²) in [4.78, 5) is 20.8. The van der Waals surface area contributed by atoms with Crippen LogP contribution < -0.4 is 4.90 Å². The molecule has 3 aromatic carbocycles. The average Bonchev–Trinajstić information content (AvgIpc) is 3.31. The van der Waals surface area contributed by atoms with Crippen LogP contribution in [0.3, 0.4) is 0 Å². The van der Waals surface area contributed by atoms with E-state index in [1.165, 1.54) is 0 Å². The number of fused-ring (bicyclic) bond motifs is 1. The van der Waals surface area contributed by atoms with Crippen molar-refractivity contribution in [3.8, 4) is 0 Å². The molecule has 0 spiro atoms. The monoisotopic (exact) mass is 556 g/mol. The third-order valence-electron chi connectivity index (χ3n) is 4.75. The molecule has 1 aliphatic rings. The Morgan fingerprint density at radius 1 is 0.900 bits per heavy atom. The van der Waals surface area contributed by atoms with Gasteiger partial charge in [-0.05, 0) is 41.5 Å². The number of thioether (sulfide) groups is 1. The highest BCUT2D eigenvalue weighted by atomic mass is 79.9. The van der Waals surface area contributed by atoms with E-state index in [-0.39, 0.29) is 11.3 Å². The second-order valence-electron chi connectivity index (χ2n) is 6.66. The quantitative estimate of drug-likeness (QED) is 0.243. The van der Waals surface area contributed by atoms with Crippen LogP contribution >= 0.6 is 55.0 Å². The largest absolute Gasteiger partial charge is 0.268 e. The van der Waals surface area contributed by atoms with Gasteiger partial charge in [-0.2, -0.15) is 0 Å². The minimum atomic E-state index is -0.192. The number of anilines is 1. The Morgan fingerprint density at radius 3 is 2.37 bits per heavy atom. The van der Waals surface area contributed by atoms with Crippen LogP contribution in [0, 0.1) is 0 Å². The van der Waals surface area contributed by atoms with Crippen molar-refractivity contribution in [3.63, 3.8) is 0 Å². The normalized spacial score (nSPS) is 17.9. The molecule has 0 saturated carbocycles. The number of hydrogen-bond donors (Lipinski definition) is 0. The third kappa shape index (κ3) is 3.64. The predicted molar refractivity (Wildman–Crippen MR) is 134 cm³/mol. The molecule has 1 unspecified atom stereocenters. The SMILES string of the molecule is O=C1/C(=C/c2ccccc2Br)SC(c2ccccc2Br)N1c1nc2ccccc2s1. The van der Waals surface area contributed by atoms with Crippen molar-refractivity contribution >= 4 is 82.3 Å². The summed E-state index contributed by atoms with van der Waals surface area (Å²) in [6.45, 7) is 0. The minimum absolute atomic E-state index is 0.0319. The van der Waals surface area contributed by atoms with Gasteiger partial charge in [-0.15, -0.1) is 0 Å². The van der Waals surface area contributed by atoms with Gasteiger partial charge < -0.3 is 0 Å². The van der Waals surface area contributed by atoms with Crippen LogP contribution in [0.25, 0.3) is 16.3 Å². The van der Waals surface area contributed by atoms with Crippen molar-refractivity contribution in [2.45, 2.75) is 5.37 Å². The molecule has 2 heterocycles. The summed E-state index contributed by atoms with van der Waals surface area (Å²) in [6, 6.07) is 23.9. The number of amides is 1. The zero-order valence-electron chi connectivity index (χ0n) is 15.5. The summed E-state index contributed by atoms with van der Waals surface area (Å²) in [7, 11) is 0. The van der Waals surface area contributed by atoms with E-state index in [4.69, 9.17) is 4.98 Å². The fraction of sp³-hybridized carbons (Fsp3) is 0.0435. The first-order valence-corrected chi connectivity index (χ1v) is 12.5. The van der Waals surface area contributed by atoms with Gasteiger partial charge in [0.1, 0.15) is 5.37 Å². The van der Waals surface area contributed by atoms with Gasteiger partial charge >= 0.3 is 0 Å². The molecular formula is C23H14Br2N2OS2. The zero-order chi connectivity index (χ0) is 20.7. The molecular weight excluding hydrogens is 544 g/mol. The lowest BCUT2D eigenvalue weighted by atomic mass is 10.2. The maximum atomic E-state index is 13.6. The van der Waals surface area contributed by atoms with Crippen molar-refractivity contribution in [2.75, 3.05) is 4.90 Å². The van der Waals surface area contributed by atoms with Crippen molar-refractivity contribution < 1.29 is 4.79 Å². The molecule has 148 valence electrons. The molecule has 0 bridgehead atoms. The number of halogens is 2. The lowest BCUT2D eigenvalue weighted by Gasteiger charge is -2.21. The Balaban J connectivity index is 1.64. The zero-order valence-corrected chi connectivity index (χ0v) is 20.3. The fourth-order valence-electron chi connectivity index (χ4n) is 3.31. The van der Waals surface area contributed by atoms with Crippen LogP contribution in [0.2, 0.25) is 0 Å². The molecule has 7 heteroatoms. The van der Waals surface area contributed by atoms with Crippen LogP contribution in [0.5, 0.6) is 0 Å². The maximum Gasteiger partial charge on any atom is 0.267 e. The standard InChI is InChI=1S/C23H14Br2N2OS2/c24-16-9-3-1-7-14(16)13-20-21(28)27(22(29-20)15-8-2-4-10-17(15)25)23-26-18-11-5-6-12-19(18)30-23/h1-13,22H/b20-13-. The van der Waals surface area contributed by atoms with Crippen molar-refractivity contribution in [3.05, 3.63) is 97.8 Å². The topological polar surface area (TPSA) is 33.2 Å². The molecule has 1 aromatic heterocycles. The molecule has 30 heavy (non-hydrogen) atoms. The Kier molecular flexibility index (Phi) is 5.54. The number of benzene rings is 3. The van der Waals surface area contributed by atoms with Gasteiger partial charge in [0.15, 0.2) is 5.13 Å². The van der Waals surface area contributed by atoms with Gasteiger partial charge in [-0.1, -0.05) is 103 Å². The molecule has 1 aliphatic heterocycles. The van der Waals surface area contributed by atoms with Crippen molar-refractivity contribution in [2.24, 2.45) is 0 Å². The second-order valence-corrected chi connectivity index (χ2v) is 10.5. The number of carbonyl (C=O) groups is 1. The number of thiazole rings is 1. The van der Waals surface area contributed by atoms with E-state index in [1.54, 1.807) is 23.1 Å². The Labute approximate surface area is 199 Å². The molecule has 4 aromatic rings. The maximum absolute atomic E-state index is 13.6. The van der Waals surface area contributed by atoms with Crippen LogP contribution in [0.15, 0.2) is 86.6 Å². The summed E-state index contributed by atoms with van der Waals surface area (Å²) in [6.07, 6.45) is 1.95. The third-order valence-corrected chi connectivity index (χ3v) is 8.47. The van der Waals surface area contributed by atoms with Crippen molar-refractivity contribution in [1.29, 1.82) is 0 Å². The Hall–Kier alpha value is -1.93. The molecule has 0 N–H and O–H groups in total. The van der Waals surface area contributed by atoms with Gasteiger partial charge in [0.25, 0.3) is 5.91 Å². The Morgan fingerprint density at radius 2 is 1.60 bits per heavy atom. The molecule has 3 nitrogen and oxygen atoms in total. The molecule has 0 radical (unpaired) electrons. The summed E-state index contributed by atoms with van der Waals surface area (Å²) in [5.41, 5.74) is 2.93. The highest BCUT2D eigenvalue weighted by Crippen LogP contribution is 2.51. The number of carbonyl (C=O) groups excluding carboxylic acids is 1. The lowest BCUT2D eigenvalue weighted by Crippen LogP contribution is -2.27. The predicted octanol–water partition coefficient (Wildman–Crippen LogP) is 7.64. The summed E-state index contributed by atoms with van der Waals surface area (Å²) >= 11 is 10.3. The highest BCUT2D eigenvalue weighted by molar-refractivity contribution is 9.10. The second kappa shape index (κ2) is 8.30. The lowest BCUT2D eigenvalue weighted by molar-refractivity contribution is -0.114. The average molecular weight is 558 g/mol. The van der Waals surface area contributed by atoms with E-state index >= 15 is 0 Å². The van der Waals surface area contributed by atoms with Gasteiger partial charge in [-0.3, -0.25) is 9.69 Å². The number of para-hydroxylation sites is 1. The van der Waals surface area contributed by atoms with Gasteiger partial charge in [-0.25, -0.2) is 4.98 Å². The van der Waals surface area contributed by atoms with E-state index in [0.717, 1.165) is 30.3 Å². The summed E-state index contributed by atoms with van der Waals surface area (Å²) in [5.74, 6) is -0.0319.